The van der Waals surface area contributed by atoms with E-state index in [4.69, 9.17) is 0 Å². The van der Waals surface area contributed by atoms with E-state index in [0.29, 0.717) is 4.47 Å². The number of benzene rings is 1. The van der Waals surface area contributed by atoms with Crippen LogP contribution in [0.2, 0.25) is 0 Å². The zero-order valence-electron chi connectivity index (χ0n) is 7.23. The van der Waals surface area contributed by atoms with E-state index in [1.54, 1.807) is 13.0 Å². The van der Waals surface area contributed by atoms with Crippen LogP contribution in [0.5, 0.6) is 5.75 Å². The maximum atomic E-state index is 13.2. The number of esters is 1. The van der Waals surface area contributed by atoms with Gasteiger partial charge in [-0.25, -0.2) is 4.39 Å². The molecule has 0 N–H and O–H groups in total. The molecule has 1 aromatic rings. The van der Waals surface area contributed by atoms with E-state index < -0.39 is 11.8 Å². The average Bonchev–Trinajstić information content (AvgIpc) is 1.96. The maximum absolute atomic E-state index is 13.2. The van der Waals surface area contributed by atoms with Crippen LogP contribution >= 0.6 is 15.9 Å². The summed E-state index contributed by atoms with van der Waals surface area (Å²) in [5.41, 5.74) is 0.764. The highest BCUT2D eigenvalue weighted by Gasteiger charge is 2.10. The number of ether oxygens (including phenoxy) is 1. The summed E-state index contributed by atoms with van der Waals surface area (Å²) >= 11 is 3.11. The van der Waals surface area contributed by atoms with Crippen LogP contribution in [0.15, 0.2) is 16.6 Å². The standard InChI is InChI=1S/C9H8BrFO2/c1-5-3-7(10)9(8(11)4-5)13-6(2)12/h3-4H,1-2H3. The molecule has 0 unspecified atom stereocenters. The molecular weight excluding hydrogens is 239 g/mol. The molecule has 1 aromatic carbocycles. The molecule has 0 aliphatic heterocycles. The number of rotatable bonds is 1. The van der Waals surface area contributed by atoms with Crippen molar-refractivity contribution in [1.82, 2.24) is 0 Å². The van der Waals surface area contributed by atoms with Gasteiger partial charge in [0.25, 0.3) is 0 Å². The van der Waals surface area contributed by atoms with Gasteiger partial charge in [-0.05, 0) is 40.5 Å². The normalized spacial score (nSPS) is 9.85. The van der Waals surface area contributed by atoms with Crippen LogP contribution < -0.4 is 4.74 Å². The highest BCUT2D eigenvalue weighted by molar-refractivity contribution is 9.10. The monoisotopic (exact) mass is 246 g/mol. The molecule has 0 saturated carbocycles. The van der Waals surface area contributed by atoms with Crippen molar-refractivity contribution in [3.8, 4) is 5.75 Å². The van der Waals surface area contributed by atoms with Crippen LogP contribution in [0.3, 0.4) is 0 Å². The second-order valence-electron chi connectivity index (χ2n) is 2.65. The summed E-state index contributed by atoms with van der Waals surface area (Å²) in [7, 11) is 0. The van der Waals surface area contributed by atoms with Crippen LogP contribution in [0.25, 0.3) is 0 Å². The number of hydrogen-bond donors (Lipinski definition) is 0. The molecule has 0 amide bonds. The minimum absolute atomic E-state index is 0.0573. The van der Waals surface area contributed by atoms with Gasteiger partial charge in [0.05, 0.1) is 4.47 Å². The first-order valence-electron chi connectivity index (χ1n) is 3.65. The van der Waals surface area contributed by atoms with Crippen LogP contribution in [0, 0.1) is 12.7 Å². The van der Waals surface area contributed by atoms with E-state index in [1.807, 2.05) is 0 Å². The number of carbonyl (C=O) groups is 1. The van der Waals surface area contributed by atoms with E-state index in [9.17, 15) is 9.18 Å². The van der Waals surface area contributed by atoms with Gasteiger partial charge in [0.1, 0.15) is 0 Å². The topological polar surface area (TPSA) is 26.3 Å². The summed E-state index contributed by atoms with van der Waals surface area (Å²) < 4.78 is 18.3. The highest BCUT2D eigenvalue weighted by Crippen LogP contribution is 2.29. The molecule has 1 rings (SSSR count). The van der Waals surface area contributed by atoms with Gasteiger partial charge in [0.2, 0.25) is 0 Å². The Hall–Kier alpha value is -0.900. The van der Waals surface area contributed by atoms with Crippen molar-refractivity contribution in [3.05, 3.63) is 28.0 Å². The molecule has 70 valence electrons. The molecule has 0 bridgehead atoms. The van der Waals surface area contributed by atoms with Gasteiger partial charge in [-0.1, -0.05) is 0 Å². The lowest BCUT2D eigenvalue weighted by Gasteiger charge is -2.05. The van der Waals surface area contributed by atoms with Crippen molar-refractivity contribution in [1.29, 1.82) is 0 Å². The van der Waals surface area contributed by atoms with Crippen LogP contribution in [-0.4, -0.2) is 5.97 Å². The zero-order chi connectivity index (χ0) is 10.0. The molecule has 2 nitrogen and oxygen atoms in total. The Balaban J connectivity index is 3.13. The fraction of sp³-hybridized carbons (Fsp3) is 0.222. The molecule has 0 heterocycles. The van der Waals surface area contributed by atoms with Crippen LogP contribution in [-0.2, 0) is 4.79 Å². The third-order valence-electron chi connectivity index (χ3n) is 1.39. The van der Waals surface area contributed by atoms with Gasteiger partial charge < -0.3 is 4.74 Å². The Morgan fingerprint density at radius 1 is 1.54 bits per heavy atom. The van der Waals surface area contributed by atoms with Crippen molar-refractivity contribution in [2.45, 2.75) is 13.8 Å². The Labute approximate surface area is 83.8 Å². The Morgan fingerprint density at radius 3 is 2.62 bits per heavy atom. The lowest BCUT2D eigenvalue weighted by molar-refractivity contribution is -0.132. The van der Waals surface area contributed by atoms with Crippen molar-refractivity contribution >= 4 is 21.9 Å². The summed E-state index contributed by atoms with van der Waals surface area (Å²) in [5.74, 6) is -1.14. The molecule has 4 heteroatoms. The van der Waals surface area contributed by atoms with Crippen molar-refractivity contribution < 1.29 is 13.9 Å². The summed E-state index contributed by atoms with van der Waals surface area (Å²) in [4.78, 5) is 10.6. The Morgan fingerprint density at radius 2 is 2.15 bits per heavy atom. The highest BCUT2D eigenvalue weighted by atomic mass is 79.9. The molecule has 0 saturated heterocycles. The van der Waals surface area contributed by atoms with E-state index in [2.05, 4.69) is 20.7 Å². The smallest absolute Gasteiger partial charge is 0.308 e. The predicted octanol–water partition coefficient (Wildman–Crippen LogP) is 2.82. The zero-order valence-corrected chi connectivity index (χ0v) is 8.81. The number of carbonyl (C=O) groups excluding carboxylic acids is 1. The van der Waals surface area contributed by atoms with Crippen molar-refractivity contribution in [2.75, 3.05) is 0 Å². The maximum Gasteiger partial charge on any atom is 0.308 e. The van der Waals surface area contributed by atoms with Gasteiger partial charge in [-0.15, -0.1) is 0 Å². The van der Waals surface area contributed by atoms with Gasteiger partial charge in [-0.2, -0.15) is 0 Å². The minimum Gasteiger partial charge on any atom is -0.422 e. The summed E-state index contributed by atoms with van der Waals surface area (Å²) in [6.07, 6.45) is 0. The van der Waals surface area contributed by atoms with Crippen LogP contribution in [0.4, 0.5) is 4.39 Å². The third kappa shape index (κ3) is 2.52. The van der Waals surface area contributed by atoms with Crippen molar-refractivity contribution in [3.63, 3.8) is 0 Å². The predicted molar refractivity (Wildman–Crippen MR) is 50.1 cm³/mol. The molecule has 0 aliphatic rings. The van der Waals surface area contributed by atoms with Gasteiger partial charge >= 0.3 is 5.97 Å². The van der Waals surface area contributed by atoms with Gasteiger partial charge in [-0.3, -0.25) is 4.79 Å². The fourth-order valence-electron chi connectivity index (χ4n) is 0.928. The summed E-state index contributed by atoms with van der Waals surface area (Å²) in [6.45, 7) is 2.98. The number of halogens is 2. The molecule has 0 atom stereocenters. The second-order valence-corrected chi connectivity index (χ2v) is 3.51. The second kappa shape index (κ2) is 3.87. The van der Waals surface area contributed by atoms with E-state index in [-0.39, 0.29) is 5.75 Å². The Kier molecular flexibility index (Phi) is 3.03. The van der Waals surface area contributed by atoms with Crippen molar-refractivity contribution in [2.24, 2.45) is 0 Å². The van der Waals surface area contributed by atoms with Gasteiger partial charge in [0, 0.05) is 6.92 Å². The lowest BCUT2D eigenvalue weighted by atomic mass is 10.2. The number of aryl methyl sites for hydroxylation is 1. The third-order valence-corrected chi connectivity index (χ3v) is 1.98. The SMILES string of the molecule is CC(=O)Oc1c(F)cc(C)cc1Br. The molecular formula is C9H8BrFO2. The molecule has 0 spiro atoms. The first-order valence-corrected chi connectivity index (χ1v) is 4.44. The Bertz CT molecular complexity index is 326. The summed E-state index contributed by atoms with van der Waals surface area (Å²) in [5, 5.41) is 0. The van der Waals surface area contributed by atoms with Crippen LogP contribution in [0.1, 0.15) is 12.5 Å². The minimum atomic E-state index is -0.540. The number of hydrogen-bond acceptors (Lipinski definition) is 2. The molecule has 0 aromatic heterocycles. The molecule has 0 radical (unpaired) electrons. The summed E-state index contributed by atoms with van der Waals surface area (Å²) in [6, 6.07) is 2.99. The first kappa shape index (κ1) is 10.2. The molecule has 0 aliphatic carbocycles. The van der Waals surface area contributed by atoms with Gasteiger partial charge in [0.15, 0.2) is 11.6 Å². The molecule has 0 fully saturated rings. The van der Waals surface area contributed by atoms with E-state index >= 15 is 0 Å². The first-order chi connectivity index (χ1) is 6.00. The average molecular weight is 247 g/mol. The quantitative estimate of drug-likeness (QED) is 0.563. The lowest BCUT2D eigenvalue weighted by Crippen LogP contribution is -2.04. The fourth-order valence-corrected chi connectivity index (χ4v) is 1.56. The largest absolute Gasteiger partial charge is 0.422 e. The van der Waals surface area contributed by atoms with E-state index in [1.165, 1.54) is 13.0 Å². The molecule has 13 heavy (non-hydrogen) atoms. The van der Waals surface area contributed by atoms with E-state index in [0.717, 1.165) is 5.56 Å².